The zero-order valence-corrected chi connectivity index (χ0v) is 68.3. The predicted molar refractivity (Wildman–Crippen MR) is 530 cm³/mol. The van der Waals surface area contributed by atoms with E-state index in [1.54, 1.807) is 0 Å². The van der Waals surface area contributed by atoms with Crippen LogP contribution in [0.3, 0.4) is 0 Å². The van der Waals surface area contributed by atoms with Gasteiger partial charge in [-0.1, -0.05) is 291 Å². The molecule has 28 rings (SSSR count). The van der Waals surface area contributed by atoms with Gasteiger partial charge in [-0.25, -0.2) is 0 Å². The summed E-state index contributed by atoms with van der Waals surface area (Å²) in [5.74, 6) is 1.65. The minimum Gasteiger partial charge on any atom is -0.453 e. The summed E-state index contributed by atoms with van der Waals surface area (Å²) < 4.78 is 8.09. The molecule has 9 aliphatic heterocycles. The molecule has 0 aromatic heterocycles. The number of hydrogen-bond acceptors (Lipinski definition) is 8. The highest BCUT2D eigenvalue weighted by Gasteiger charge is 2.57. The lowest BCUT2D eigenvalue weighted by Gasteiger charge is -2.53. The lowest BCUT2D eigenvalue weighted by molar-refractivity contribution is 0.478. The molecule has 0 amide bonds. The minimum atomic E-state index is -0.360. The number of fused-ring (bicyclic) bond motifs is 14. The first-order valence-corrected chi connectivity index (χ1v) is 43.8. The highest BCUT2D eigenvalue weighted by atomic mass is 16.5. The number of hydrogen-bond donors (Lipinski definition) is 0. The highest BCUT2D eigenvalue weighted by Crippen LogP contribution is 2.59. The van der Waals surface area contributed by atoms with E-state index >= 15 is 0 Å². The molecule has 0 aliphatic carbocycles. The van der Waals surface area contributed by atoms with Gasteiger partial charge in [-0.2, -0.15) is 0 Å². The Labute approximate surface area is 732 Å². The minimum absolute atomic E-state index is 0.223. The van der Waals surface area contributed by atoms with Crippen LogP contribution in [0.2, 0.25) is 0 Å². The first kappa shape index (κ1) is 69.5. The van der Waals surface area contributed by atoms with Crippen molar-refractivity contribution in [1.82, 2.24) is 0 Å². The Morgan fingerprint density at radius 2 is 0.389 bits per heavy atom. The van der Waals surface area contributed by atoms with E-state index in [-0.39, 0.29) is 26.9 Å². The summed E-state index contributed by atoms with van der Waals surface area (Å²) in [5, 5.41) is 0. The summed E-state index contributed by atoms with van der Waals surface area (Å²) in [6, 6.07) is 162. The third-order valence-electron chi connectivity index (χ3n) is 28.0. The summed E-state index contributed by atoms with van der Waals surface area (Å²) in [4.78, 5) is 18.2. The normalized spacial score (nSPS) is 13.9. The maximum atomic E-state index is 8.09. The van der Waals surface area contributed by atoms with Gasteiger partial charge in [0.25, 0.3) is 26.9 Å². The van der Waals surface area contributed by atoms with Crippen molar-refractivity contribution in [2.75, 3.05) is 34.3 Å². The van der Waals surface area contributed by atoms with Crippen LogP contribution in [0.5, 0.6) is 11.5 Å². The Kier molecular flexibility index (Phi) is 14.7. The molecule has 0 bridgehead atoms. The summed E-state index contributed by atoms with van der Waals surface area (Å²) in [6.45, 7) is -1.17. The van der Waals surface area contributed by atoms with Crippen LogP contribution in [-0.2, 0) is 0 Å². The van der Waals surface area contributed by atoms with Crippen LogP contribution in [-0.4, -0.2) is 26.9 Å². The van der Waals surface area contributed by atoms with Crippen molar-refractivity contribution in [2.45, 2.75) is 0 Å². The molecular formula is C114H71B4N7O. The first-order chi connectivity index (χ1) is 62.6. The smallest absolute Gasteiger partial charge is 0.252 e. The Hall–Kier alpha value is -16.2. The van der Waals surface area contributed by atoms with Gasteiger partial charge >= 0.3 is 0 Å². The van der Waals surface area contributed by atoms with Crippen LogP contribution in [0.1, 0.15) is 0 Å². The molecule has 19 aromatic rings. The van der Waals surface area contributed by atoms with Gasteiger partial charge in [-0.05, 0) is 250 Å². The molecule has 0 unspecified atom stereocenters. The molecule has 0 N–H and O–H groups in total. The molecule has 9 heterocycles. The molecule has 0 radical (unpaired) electrons. The van der Waals surface area contributed by atoms with Gasteiger partial charge < -0.3 is 39.0 Å². The number of anilines is 21. The van der Waals surface area contributed by atoms with Crippen LogP contribution >= 0.6 is 0 Å². The third-order valence-corrected chi connectivity index (χ3v) is 28.0. The van der Waals surface area contributed by atoms with E-state index in [1.807, 2.05) is 0 Å². The molecule has 126 heavy (non-hydrogen) atoms. The number of nitrogens with zero attached hydrogens (tertiary/aromatic N) is 7. The number of ether oxygens (including phenoxy) is 1. The largest absolute Gasteiger partial charge is 0.453 e. The van der Waals surface area contributed by atoms with Crippen molar-refractivity contribution in [2.24, 2.45) is 0 Å². The number of para-hydroxylation sites is 6. The van der Waals surface area contributed by atoms with E-state index < -0.39 is 0 Å². The fourth-order valence-electron chi connectivity index (χ4n) is 23.0. The maximum Gasteiger partial charge on any atom is 0.252 e. The molecule has 580 valence electrons. The lowest BCUT2D eigenvalue weighted by Crippen LogP contribution is -2.70. The molecule has 0 saturated carbocycles. The molecule has 0 spiro atoms. The van der Waals surface area contributed by atoms with Crippen LogP contribution < -0.4 is 105 Å². The van der Waals surface area contributed by atoms with E-state index in [4.69, 9.17) is 4.74 Å². The topological polar surface area (TPSA) is 31.9 Å². The SMILES string of the molecule is c1ccc(-c2ccc3c(c2)B2c4cc5c(cc4N(c4ccccc4)c4cccc(c42)N3c2ccccc2)N(c2ccccc2)c2cc3c4c6c2B5c2cc(-c5ccccc5)cc5c2N6c2c(cc(-c6ccccc6)cc2B4c2cc4c(cc2N3c2ccccc2)N(c2ccccc2)c2cccc3c2B4c2cc(-c4ccccc4)ccc2N3c2ccccc2)O5)cc1. The summed E-state index contributed by atoms with van der Waals surface area (Å²) >= 11 is 0. The Morgan fingerprint density at radius 1 is 0.143 bits per heavy atom. The first-order valence-electron chi connectivity index (χ1n) is 43.8. The summed E-state index contributed by atoms with van der Waals surface area (Å²) in [7, 11) is 0. The molecule has 0 fully saturated rings. The Morgan fingerprint density at radius 3 is 0.698 bits per heavy atom. The van der Waals surface area contributed by atoms with Crippen molar-refractivity contribution in [3.8, 4) is 56.0 Å². The van der Waals surface area contributed by atoms with Crippen molar-refractivity contribution >= 4 is 212 Å². The van der Waals surface area contributed by atoms with E-state index in [0.29, 0.717) is 0 Å². The molecule has 0 saturated heterocycles. The number of benzene rings is 19. The van der Waals surface area contributed by atoms with Crippen LogP contribution in [0.25, 0.3) is 44.5 Å². The molecular weight excluding hydrogens is 1530 g/mol. The van der Waals surface area contributed by atoms with Crippen LogP contribution in [0.15, 0.2) is 431 Å². The van der Waals surface area contributed by atoms with Gasteiger partial charge in [0.15, 0.2) is 11.5 Å². The van der Waals surface area contributed by atoms with Gasteiger partial charge in [0.2, 0.25) is 0 Å². The standard InChI is InChI=1S/C114H71B4N7O/c1-11-33-72(34-12-1)76-57-59-94-86(61-76)115-88-67-90-102(69-100(88)121(82-45-23-7-24-46-82)98-55-31-53-96(108(98)115)119(94)80-41-19-5-20-42-80)123(84-49-27-9-28-50-84)104-71-105-111-114-110(104)117(90)92-63-78(74-37-15-3-16-38-74)65-106-112(92)125(114)113-93(64-79(66-107(113)126-106)75-39-17-4-18-40-75)118(111)91-68-89-101(70-103(91)124(105)85-51-29-10-30-52-85)122(83-47-25-8-26-48-83)99-56-32-54-97-109(99)116(89)87-62-77(73-35-13-2-14-36-73)58-60-95(87)120(97)81-43-21-6-22-44-81/h1-71H. The van der Waals surface area contributed by atoms with Crippen molar-refractivity contribution in [1.29, 1.82) is 0 Å². The zero-order valence-electron chi connectivity index (χ0n) is 68.3. The van der Waals surface area contributed by atoms with Crippen molar-refractivity contribution < 1.29 is 4.74 Å². The van der Waals surface area contributed by atoms with Crippen LogP contribution in [0, 0.1) is 0 Å². The average molecular weight is 1600 g/mol. The summed E-state index contributed by atoms with van der Waals surface area (Å²) in [5.41, 5.74) is 47.4. The molecule has 0 atom stereocenters. The zero-order chi connectivity index (χ0) is 82.1. The van der Waals surface area contributed by atoms with E-state index in [1.165, 1.54) is 93.5 Å². The third kappa shape index (κ3) is 9.83. The van der Waals surface area contributed by atoms with Crippen molar-refractivity contribution in [3.63, 3.8) is 0 Å². The van der Waals surface area contributed by atoms with Gasteiger partial charge in [0.05, 0.1) is 11.4 Å². The molecule has 8 nitrogen and oxygen atoms in total. The predicted octanol–water partition coefficient (Wildman–Crippen LogP) is 21.3. The highest BCUT2D eigenvalue weighted by molar-refractivity contribution is 7.07. The van der Waals surface area contributed by atoms with Gasteiger partial charge in [-0.3, -0.25) is 0 Å². The van der Waals surface area contributed by atoms with E-state index in [2.05, 4.69) is 465 Å². The second-order valence-electron chi connectivity index (χ2n) is 34.5. The quantitative estimate of drug-likeness (QED) is 0.125. The van der Waals surface area contributed by atoms with Gasteiger partial charge in [0, 0.05) is 108 Å². The lowest BCUT2D eigenvalue weighted by atomic mass is 9.27. The maximum absolute atomic E-state index is 8.09. The summed E-state index contributed by atoms with van der Waals surface area (Å²) in [6.07, 6.45) is 0. The molecule has 19 aromatic carbocycles. The monoisotopic (exact) mass is 1600 g/mol. The Balaban J connectivity index is 0.771. The Bertz CT molecular complexity index is 7340. The second-order valence-corrected chi connectivity index (χ2v) is 34.5. The van der Waals surface area contributed by atoms with Gasteiger partial charge in [0.1, 0.15) is 0 Å². The van der Waals surface area contributed by atoms with E-state index in [9.17, 15) is 0 Å². The second kappa shape index (κ2) is 26.7. The van der Waals surface area contributed by atoms with E-state index in [0.717, 1.165) is 148 Å². The fraction of sp³-hybridized carbons (Fsp3) is 0. The van der Waals surface area contributed by atoms with Crippen LogP contribution in [0.4, 0.5) is 119 Å². The number of rotatable bonds is 10. The average Bonchev–Trinajstić information content (AvgIpc) is 0.656. The van der Waals surface area contributed by atoms with Crippen molar-refractivity contribution in [3.05, 3.63) is 431 Å². The molecule has 12 heteroatoms. The fourth-order valence-corrected chi connectivity index (χ4v) is 23.0. The molecule has 9 aliphatic rings. The van der Waals surface area contributed by atoms with Gasteiger partial charge in [-0.15, -0.1) is 0 Å².